The summed E-state index contributed by atoms with van der Waals surface area (Å²) in [6.45, 7) is 2.29. The number of methoxy groups -OCH3 is 1. The number of pyridine rings is 1. The van der Waals surface area contributed by atoms with E-state index in [0.717, 1.165) is 18.7 Å². The van der Waals surface area contributed by atoms with Gasteiger partial charge in [0.15, 0.2) is 5.01 Å². The number of hydrogen-bond acceptors (Lipinski definition) is 8. The van der Waals surface area contributed by atoms with Crippen LogP contribution in [-0.2, 0) is 33.4 Å². The number of hydrogen-bond donors (Lipinski definition) is 1. The van der Waals surface area contributed by atoms with Crippen LogP contribution in [0.1, 0.15) is 45.9 Å². The molecule has 2 aromatic heterocycles. The van der Waals surface area contributed by atoms with Crippen LogP contribution in [0.2, 0.25) is 0 Å². The monoisotopic (exact) mass is 579 g/mol. The fourth-order valence-corrected chi connectivity index (χ4v) is 7.56. The van der Waals surface area contributed by atoms with E-state index in [-0.39, 0.29) is 49.0 Å². The van der Waals surface area contributed by atoms with Crippen LogP contribution in [0.4, 0.5) is 13.2 Å². The van der Waals surface area contributed by atoms with Crippen LogP contribution in [0.3, 0.4) is 0 Å². The van der Waals surface area contributed by atoms with Gasteiger partial charge in [0.25, 0.3) is 5.91 Å². The summed E-state index contributed by atoms with van der Waals surface area (Å²) in [7, 11) is 1.66. The summed E-state index contributed by atoms with van der Waals surface area (Å²) >= 11 is 1.27. The van der Waals surface area contributed by atoms with Crippen LogP contribution >= 0.6 is 11.3 Å². The predicted octanol–water partition coefficient (Wildman–Crippen LogP) is 2.76. The van der Waals surface area contributed by atoms with Crippen molar-refractivity contribution in [3.8, 4) is 0 Å². The lowest BCUT2D eigenvalue weighted by molar-refractivity contribution is -0.143. The van der Waals surface area contributed by atoms with Gasteiger partial charge in [0, 0.05) is 81.9 Å². The predicted molar refractivity (Wildman–Crippen MR) is 138 cm³/mol. The molecule has 2 unspecified atom stereocenters. The molecule has 5 atom stereocenters. The van der Waals surface area contributed by atoms with E-state index in [1.54, 1.807) is 28.5 Å². The Morgan fingerprint density at radius 1 is 1.27 bits per heavy atom. The fourth-order valence-electron chi connectivity index (χ4n) is 6.96. The third-order valence-electron chi connectivity index (χ3n) is 8.91. The van der Waals surface area contributed by atoms with E-state index >= 15 is 0 Å². The molecular formula is C27H32F3N5O4S. The lowest BCUT2D eigenvalue weighted by Gasteiger charge is -2.37. The Morgan fingerprint density at radius 2 is 2.12 bits per heavy atom. The second-order valence-corrected chi connectivity index (χ2v) is 12.1. The number of alkyl halides is 3. The van der Waals surface area contributed by atoms with Crippen LogP contribution < -0.4 is 5.32 Å². The Labute approximate surface area is 234 Å². The average Bonchev–Trinajstić information content (AvgIpc) is 3.67. The van der Waals surface area contributed by atoms with E-state index in [4.69, 9.17) is 9.47 Å². The highest BCUT2D eigenvalue weighted by Crippen LogP contribution is 2.51. The molecule has 0 radical (unpaired) electrons. The van der Waals surface area contributed by atoms with Gasteiger partial charge >= 0.3 is 6.18 Å². The van der Waals surface area contributed by atoms with E-state index in [1.807, 2.05) is 0 Å². The summed E-state index contributed by atoms with van der Waals surface area (Å²) in [4.78, 5) is 39.2. The second kappa shape index (κ2) is 10.7. The molecule has 5 heterocycles. The van der Waals surface area contributed by atoms with Crippen molar-refractivity contribution >= 4 is 23.2 Å². The maximum Gasteiger partial charge on any atom is 0.417 e. The van der Waals surface area contributed by atoms with Crippen molar-refractivity contribution < 1.29 is 32.2 Å². The van der Waals surface area contributed by atoms with Crippen LogP contribution in [-0.4, -0.2) is 89.7 Å². The van der Waals surface area contributed by atoms with Gasteiger partial charge in [-0.25, -0.2) is 4.98 Å². The van der Waals surface area contributed by atoms with Gasteiger partial charge in [-0.3, -0.25) is 14.6 Å². The number of likely N-dealkylation sites (tertiary alicyclic amines) is 1. The van der Waals surface area contributed by atoms with E-state index < -0.39 is 17.2 Å². The number of fused-ring (bicyclic) bond motifs is 2. The molecule has 0 spiro atoms. The topological polar surface area (TPSA) is 96.9 Å². The number of halogens is 3. The summed E-state index contributed by atoms with van der Waals surface area (Å²) in [6.07, 6.45) is 0.299. The lowest BCUT2D eigenvalue weighted by atomic mass is 9.78. The molecular weight excluding hydrogens is 547 g/mol. The maximum absolute atomic E-state index is 14.4. The molecule has 3 fully saturated rings. The number of carbonyl (C=O) groups excluding carboxylic acids is 2. The molecule has 1 N–H and O–H groups in total. The van der Waals surface area contributed by atoms with Crippen molar-refractivity contribution in [1.29, 1.82) is 0 Å². The van der Waals surface area contributed by atoms with Gasteiger partial charge in [-0.05, 0) is 36.8 Å². The van der Waals surface area contributed by atoms with Gasteiger partial charge < -0.3 is 24.6 Å². The van der Waals surface area contributed by atoms with E-state index in [2.05, 4.69) is 15.3 Å². The molecule has 216 valence electrons. The van der Waals surface area contributed by atoms with Gasteiger partial charge in [-0.2, -0.15) is 13.2 Å². The molecule has 4 aliphatic rings. The van der Waals surface area contributed by atoms with Gasteiger partial charge in [-0.15, -0.1) is 11.3 Å². The summed E-state index contributed by atoms with van der Waals surface area (Å²) in [5.41, 5.74) is -0.625. The van der Waals surface area contributed by atoms with Gasteiger partial charge in [0.2, 0.25) is 5.91 Å². The molecule has 0 aromatic carbocycles. The highest BCUT2D eigenvalue weighted by molar-refractivity contribution is 7.11. The number of ether oxygens (including phenoxy) is 2. The van der Waals surface area contributed by atoms with Crippen molar-refractivity contribution in [3.63, 3.8) is 0 Å². The number of carbonyl (C=O) groups is 2. The van der Waals surface area contributed by atoms with Crippen LogP contribution in [0.25, 0.3) is 0 Å². The van der Waals surface area contributed by atoms with Gasteiger partial charge in [0.05, 0.1) is 23.7 Å². The van der Waals surface area contributed by atoms with E-state index in [1.165, 1.54) is 11.3 Å². The van der Waals surface area contributed by atoms with E-state index in [9.17, 15) is 22.8 Å². The second-order valence-electron chi connectivity index (χ2n) is 11.2. The van der Waals surface area contributed by atoms with Crippen molar-refractivity contribution in [2.75, 3.05) is 40.0 Å². The molecule has 2 amide bonds. The third-order valence-corrected chi connectivity index (χ3v) is 9.68. The molecule has 3 aliphatic heterocycles. The van der Waals surface area contributed by atoms with E-state index in [0.29, 0.717) is 61.8 Å². The number of aromatic nitrogens is 2. The van der Waals surface area contributed by atoms with Gasteiger partial charge in [-0.1, -0.05) is 0 Å². The Bertz CT molecular complexity index is 1260. The van der Waals surface area contributed by atoms with Crippen molar-refractivity contribution in [1.82, 2.24) is 25.1 Å². The summed E-state index contributed by atoms with van der Waals surface area (Å²) < 4.78 is 51.3. The SMILES string of the molecule is COC1COCCC1N[C@@H]1C[C@H]2CN(C(=O)c3nccs3)C[C@@]2(C(=O)N2CCc3ncc(C(F)(F)F)cc3C2)C1. The fraction of sp³-hybridized carbons (Fsp3) is 0.630. The number of rotatable bonds is 5. The summed E-state index contributed by atoms with van der Waals surface area (Å²) in [6, 6.07) is 1.25. The molecule has 1 saturated carbocycles. The molecule has 40 heavy (non-hydrogen) atoms. The first-order valence-corrected chi connectivity index (χ1v) is 14.5. The Kier molecular flexibility index (Phi) is 7.34. The molecule has 13 heteroatoms. The molecule has 1 aliphatic carbocycles. The first kappa shape index (κ1) is 27.6. The largest absolute Gasteiger partial charge is 0.417 e. The first-order chi connectivity index (χ1) is 19.2. The molecule has 0 bridgehead atoms. The minimum Gasteiger partial charge on any atom is -0.379 e. The highest BCUT2D eigenvalue weighted by Gasteiger charge is 2.60. The standard InChI is InChI=1S/C27H32F3N5O4S/c1-38-22-14-39-6-3-21(22)33-19-9-18-13-35(24(36)23-31-4-7-40-23)15-26(18,10-19)25(37)34-5-2-20-16(12-34)8-17(11-32-20)27(28,29)30/h4,7-8,11,18-19,21-22,33H,2-3,5-6,9-10,12-15H2,1H3/t18-,19+,21?,22?,26-/m0/s1. The summed E-state index contributed by atoms with van der Waals surface area (Å²) in [5.74, 6) is -0.370. The molecule has 2 saturated heterocycles. The minimum atomic E-state index is -4.51. The number of nitrogens with one attached hydrogen (secondary N) is 1. The zero-order chi connectivity index (χ0) is 28.1. The normalized spacial score (nSPS) is 30.3. The molecule has 2 aromatic rings. The third kappa shape index (κ3) is 5.01. The number of nitrogens with zero attached hydrogens (tertiary/aromatic N) is 4. The Hall–Kier alpha value is -2.61. The maximum atomic E-state index is 14.4. The molecule has 9 nitrogen and oxygen atoms in total. The van der Waals surface area contributed by atoms with Crippen LogP contribution in [0.5, 0.6) is 0 Å². The lowest BCUT2D eigenvalue weighted by Crippen LogP contribution is -2.52. The first-order valence-electron chi connectivity index (χ1n) is 13.6. The molecule has 6 rings (SSSR count). The number of thiazole rings is 1. The smallest absolute Gasteiger partial charge is 0.379 e. The van der Waals surface area contributed by atoms with Gasteiger partial charge in [0.1, 0.15) is 0 Å². The minimum absolute atomic E-state index is 0.0439. The van der Waals surface area contributed by atoms with Crippen LogP contribution in [0.15, 0.2) is 23.8 Å². The Morgan fingerprint density at radius 3 is 2.88 bits per heavy atom. The highest BCUT2D eigenvalue weighted by atomic mass is 32.1. The van der Waals surface area contributed by atoms with Crippen molar-refractivity contribution in [2.45, 2.75) is 56.6 Å². The van der Waals surface area contributed by atoms with Crippen LogP contribution in [0, 0.1) is 11.3 Å². The quantitative estimate of drug-likeness (QED) is 0.582. The average molecular weight is 580 g/mol. The van der Waals surface area contributed by atoms with Crippen molar-refractivity contribution in [3.05, 3.63) is 45.7 Å². The summed E-state index contributed by atoms with van der Waals surface area (Å²) in [5, 5.41) is 5.86. The zero-order valence-electron chi connectivity index (χ0n) is 22.2. The Balaban J connectivity index is 1.25. The number of amides is 2. The zero-order valence-corrected chi connectivity index (χ0v) is 23.0. The van der Waals surface area contributed by atoms with Crippen molar-refractivity contribution in [2.24, 2.45) is 11.3 Å².